The predicted molar refractivity (Wildman–Crippen MR) is 84.7 cm³/mol. The summed E-state index contributed by atoms with van der Waals surface area (Å²) in [5.74, 6) is 0. The first kappa shape index (κ1) is 13.7. The van der Waals surface area contributed by atoms with Crippen LogP contribution in [0, 0.1) is 6.92 Å². The second-order valence-corrected chi connectivity index (χ2v) is 6.99. The van der Waals surface area contributed by atoms with E-state index >= 15 is 0 Å². The Morgan fingerprint density at radius 1 is 1.19 bits per heavy atom. The van der Waals surface area contributed by atoms with Gasteiger partial charge in [0.05, 0.1) is 13.2 Å². The van der Waals surface area contributed by atoms with Crippen LogP contribution in [0.25, 0.3) is 0 Å². The SMILES string of the molecule is Cc1ccc2c(c1)C(N1CCOCC1)CC21CCNCC1. The van der Waals surface area contributed by atoms with Crippen molar-refractivity contribution in [2.45, 2.75) is 37.6 Å². The van der Waals surface area contributed by atoms with Gasteiger partial charge in [0, 0.05) is 19.1 Å². The van der Waals surface area contributed by atoms with E-state index in [1.54, 1.807) is 11.1 Å². The Bertz CT molecular complexity index is 516. The van der Waals surface area contributed by atoms with Crippen LogP contribution in [-0.2, 0) is 10.2 Å². The Labute approximate surface area is 127 Å². The molecule has 1 aromatic carbocycles. The third-order valence-corrected chi connectivity index (χ3v) is 5.77. The van der Waals surface area contributed by atoms with E-state index in [-0.39, 0.29) is 0 Å². The fourth-order valence-electron chi connectivity index (χ4n) is 4.62. The van der Waals surface area contributed by atoms with Crippen LogP contribution < -0.4 is 5.32 Å². The third kappa shape index (κ3) is 2.32. The minimum atomic E-state index is 0.428. The minimum Gasteiger partial charge on any atom is -0.379 e. The average Bonchev–Trinajstić information content (AvgIpc) is 2.83. The zero-order valence-electron chi connectivity index (χ0n) is 13.0. The summed E-state index contributed by atoms with van der Waals surface area (Å²) in [6, 6.07) is 7.80. The highest BCUT2D eigenvalue weighted by Gasteiger charge is 2.45. The van der Waals surface area contributed by atoms with E-state index < -0.39 is 0 Å². The quantitative estimate of drug-likeness (QED) is 0.858. The molecule has 3 aliphatic rings. The molecule has 1 aliphatic carbocycles. The Balaban J connectivity index is 1.72. The van der Waals surface area contributed by atoms with Crippen molar-refractivity contribution in [3.05, 3.63) is 34.9 Å². The smallest absolute Gasteiger partial charge is 0.0594 e. The van der Waals surface area contributed by atoms with E-state index in [1.807, 2.05) is 0 Å². The maximum Gasteiger partial charge on any atom is 0.0594 e. The first-order valence-corrected chi connectivity index (χ1v) is 8.42. The fraction of sp³-hybridized carbons (Fsp3) is 0.667. The molecule has 4 rings (SSSR count). The predicted octanol–water partition coefficient (Wildman–Crippen LogP) is 2.39. The summed E-state index contributed by atoms with van der Waals surface area (Å²) >= 11 is 0. The highest BCUT2D eigenvalue weighted by atomic mass is 16.5. The largest absolute Gasteiger partial charge is 0.379 e. The normalized spacial score (nSPS) is 28.7. The molecule has 0 amide bonds. The van der Waals surface area contributed by atoms with Crippen molar-refractivity contribution < 1.29 is 4.74 Å². The number of hydrogen-bond donors (Lipinski definition) is 1. The standard InChI is InChI=1S/C18H26N2O/c1-14-2-3-16-15(12-14)17(20-8-10-21-11-9-20)13-18(16)4-6-19-7-5-18/h2-3,12,17,19H,4-11,13H2,1H3. The lowest BCUT2D eigenvalue weighted by molar-refractivity contribution is 0.0120. The van der Waals surface area contributed by atoms with Crippen molar-refractivity contribution in [2.75, 3.05) is 39.4 Å². The van der Waals surface area contributed by atoms with Crippen molar-refractivity contribution in [3.8, 4) is 0 Å². The molecule has 3 nitrogen and oxygen atoms in total. The van der Waals surface area contributed by atoms with Gasteiger partial charge in [0.2, 0.25) is 0 Å². The molecule has 3 heteroatoms. The van der Waals surface area contributed by atoms with E-state index in [2.05, 4.69) is 35.3 Å². The molecular weight excluding hydrogens is 260 g/mol. The molecule has 1 spiro atoms. The highest BCUT2D eigenvalue weighted by molar-refractivity contribution is 5.45. The molecule has 2 fully saturated rings. The van der Waals surface area contributed by atoms with Crippen molar-refractivity contribution in [1.82, 2.24) is 10.2 Å². The number of piperidine rings is 1. The van der Waals surface area contributed by atoms with Gasteiger partial charge in [-0.15, -0.1) is 0 Å². The molecule has 114 valence electrons. The van der Waals surface area contributed by atoms with Crippen molar-refractivity contribution >= 4 is 0 Å². The molecule has 1 atom stereocenters. The van der Waals surface area contributed by atoms with E-state index in [4.69, 9.17) is 4.74 Å². The molecule has 0 bridgehead atoms. The van der Waals surface area contributed by atoms with Crippen LogP contribution in [0.5, 0.6) is 0 Å². The van der Waals surface area contributed by atoms with Gasteiger partial charge >= 0.3 is 0 Å². The molecule has 2 aliphatic heterocycles. The second kappa shape index (κ2) is 5.38. The van der Waals surface area contributed by atoms with E-state index in [9.17, 15) is 0 Å². The molecule has 1 N–H and O–H groups in total. The minimum absolute atomic E-state index is 0.428. The molecule has 2 heterocycles. The summed E-state index contributed by atoms with van der Waals surface area (Å²) in [6.45, 7) is 8.54. The van der Waals surface area contributed by atoms with Crippen molar-refractivity contribution in [1.29, 1.82) is 0 Å². The summed E-state index contributed by atoms with van der Waals surface area (Å²) in [6.07, 6.45) is 3.90. The Morgan fingerprint density at radius 3 is 2.71 bits per heavy atom. The number of aryl methyl sites for hydroxylation is 1. The van der Waals surface area contributed by atoms with E-state index in [0.717, 1.165) is 26.3 Å². The number of fused-ring (bicyclic) bond motifs is 2. The Hall–Kier alpha value is -0.900. The summed E-state index contributed by atoms with van der Waals surface area (Å²) in [4.78, 5) is 2.67. The number of ether oxygens (including phenoxy) is 1. The summed E-state index contributed by atoms with van der Waals surface area (Å²) in [5.41, 5.74) is 5.08. The van der Waals surface area contributed by atoms with Crippen LogP contribution in [0.15, 0.2) is 18.2 Å². The summed E-state index contributed by atoms with van der Waals surface area (Å²) < 4.78 is 5.56. The Kier molecular flexibility index (Phi) is 3.52. The number of hydrogen-bond acceptors (Lipinski definition) is 3. The van der Waals surface area contributed by atoms with E-state index in [0.29, 0.717) is 11.5 Å². The number of morpholine rings is 1. The topological polar surface area (TPSA) is 24.5 Å². The van der Waals surface area contributed by atoms with Crippen LogP contribution in [0.2, 0.25) is 0 Å². The van der Waals surface area contributed by atoms with Gasteiger partial charge in [-0.1, -0.05) is 23.8 Å². The lowest BCUT2D eigenvalue weighted by Gasteiger charge is -2.37. The third-order valence-electron chi connectivity index (χ3n) is 5.77. The van der Waals surface area contributed by atoms with Gasteiger partial charge in [0.15, 0.2) is 0 Å². The summed E-state index contributed by atoms with van der Waals surface area (Å²) in [7, 11) is 0. The molecular formula is C18H26N2O. The highest BCUT2D eigenvalue weighted by Crippen LogP contribution is 2.52. The van der Waals surface area contributed by atoms with Gasteiger partial charge in [0.25, 0.3) is 0 Å². The molecule has 1 unspecified atom stereocenters. The molecule has 0 saturated carbocycles. The van der Waals surface area contributed by atoms with Gasteiger partial charge < -0.3 is 10.1 Å². The lowest BCUT2D eigenvalue weighted by atomic mass is 9.74. The van der Waals surface area contributed by atoms with E-state index in [1.165, 1.54) is 37.9 Å². The number of nitrogens with one attached hydrogen (secondary N) is 1. The monoisotopic (exact) mass is 286 g/mol. The molecule has 0 aromatic heterocycles. The van der Waals surface area contributed by atoms with Gasteiger partial charge in [0.1, 0.15) is 0 Å². The van der Waals surface area contributed by atoms with Crippen molar-refractivity contribution in [3.63, 3.8) is 0 Å². The number of rotatable bonds is 1. The van der Waals surface area contributed by atoms with Gasteiger partial charge in [-0.25, -0.2) is 0 Å². The zero-order valence-corrected chi connectivity index (χ0v) is 13.0. The maximum atomic E-state index is 5.56. The molecule has 2 saturated heterocycles. The van der Waals surface area contributed by atoms with Gasteiger partial charge in [-0.3, -0.25) is 4.90 Å². The average molecular weight is 286 g/mol. The van der Waals surface area contributed by atoms with Crippen LogP contribution in [0.1, 0.15) is 42.0 Å². The molecule has 0 radical (unpaired) electrons. The van der Waals surface area contributed by atoms with Crippen LogP contribution in [-0.4, -0.2) is 44.3 Å². The lowest BCUT2D eigenvalue weighted by Crippen LogP contribution is -2.41. The number of nitrogens with zero attached hydrogens (tertiary/aromatic N) is 1. The maximum absolute atomic E-state index is 5.56. The molecule has 1 aromatic rings. The fourth-order valence-corrected chi connectivity index (χ4v) is 4.62. The Morgan fingerprint density at radius 2 is 1.95 bits per heavy atom. The van der Waals surface area contributed by atoms with Gasteiger partial charge in [-0.2, -0.15) is 0 Å². The second-order valence-electron chi connectivity index (χ2n) is 6.99. The van der Waals surface area contributed by atoms with Crippen LogP contribution in [0.4, 0.5) is 0 Å². The first-order valence-electron chi connectivity index (χ1n) is 8.42. The zero-order chi connectivity index (χ0) is 14.3. The number of benzene rings is 1. The van der Waals surface area contributed by atoms with Crippen LogP contribution >= 0.6 is 0 Å². The van der Waals surface area contributed by atoms with Crippen LogP contribution in [0.3, 0.4) is 0 Å². The van der Waals surface area contributed by atoms with Crippen molar-refractivity contribution in [2.24, 2.45) is 0 Å². The molecule has 21 heavy (non-hydrogen) atoms. The first-order chi connectivity index (χ1) is 10.3. The summed E-state index contributed by atoms with van der Waals surface area (Å²) in [5, 5.41) is 3.54. The van der Waals surface area contributed by atoms with Gasteiger partial charge in [-0.05, 0) is 55.8 Å².